The SMILES string of the molecule is COc1cccc(-n2c(C(C)Nc3nc(N)nc(N)c3C#N)nc3cccc(Cl)c3c2=O)c1C. The molecular weight excluding hydrogens is 456 g/mol. The van der Waals surface area contributed by atoms with E-state index in [1.807, 2.05) is 13.0 Å². The maximum atomic E-state index is 13.8. The lowest BCUT2D eigenvalue weighted by molar-refractivity contribution is 0.411. The van der Waals surface area contributed by atoms with Gasteiger partial charge in [-0.3, -0.25) is 9.36 Å². The second-order valence-corrected chi connectivity index (χ2v) is 7.92. The molecule has 1 unspecified atom stereocenters. The molecule has 0 fully saturated rings. The number of nitriles is 1. The highest BCUT2D eigenvalue weighted by Crippen LogP contribution is 2.29. The molecule has 10 nitrogen and oxygen atoms in total. The van der Waals surface area contributed by atoms with Gasteiger partial charge in [-0.1, -0.05) is 23.7 Å². The molecule has 0 aliphatic carbocycles. The number of nitrogens with two attached hydrogens (primary N) is 2. The molecule has 11 heteroatoms. The maximum Gasteiger partial charge on any atom is 0.267 e. The van der Waals surface area contributed by atoms with Gasteiger partial charge in [0.15, 0.2) is 5.82 Å². The average Bonchev–Trinajstić information content (AvgIpc) is 2.79. The predicted octanol–water partition coefficient (Wildman–Crippen LogP) is 3.36. The molecule has 1 atom stereocenters. The first-order valence-corrected chi connectivity index (χ1v) is 10.6. The maximum absolute atomic E-state index is 13.8. The summed E-state index contributed by atoms with van der Waals surface area (Å²) in [5, 5.41) is 13.2. The Hall–Kier alpha value is -4.36. The lowest BCUT2D eigenvalue weighted by Crippen LogP contribution is -2.28. The molecule has 2 aromatic heterocycles. The Morgan fingerprint density at radius 2 is 1.91 bits per heavy atom. The number of hydrogen-bond acceptors (Lipinski definition) is 9. The number of ether oxygens (including phenoxy) is 1. The van der Waals surface area contributed by atoms with Crippen LogP contribution in [0, 0.1) is 18.3 Å². The van der Waals surface area contributed by atoms with Gasteiger partial charge in [0.05, 0.1) is 34.8 Å². The third-order valence-corrected chi connectivity index (χ3v) is 5.71. The number of nitrogen functional groups attached to an aromatic ring is 2. The summed E-state index contributed by atoms with van der Waals surface area (Å²) < 4.78 is 6.93. The molecule has 172 valence electrons. The lowest BCUT2D eigenvalue weighted by Gasteiger charge is -2.22. The topological polar surface area (TPSA) is 158 Å². The van der Waals surface area contributed by atoms with Crippen molar-refractivity contribution in [1.29, 1.82) is 5.26 Å². The molecule has 0 amide bonds. The van der Waals surface area contributed by atoms with Gasteiger partial charge in [0.2, 0.25) is 5.95 Å². The van der Waals surface area contributed by atoms with E-state index < -0.39 is 6.04 Å². The smallest absolute Gasteiger partial charge is 0.267 e. The van der Waals surface area contributed by atoms with Gasteiger partial charge >= 0.3 is 0 Å². The van der Waals surface area contributed by atoms with E-state index >= 15 is 0 Å². The molecule has 0 aliphatic rings. The van der Waals surface area contributed by atoms with E-state index in [9.17, 15) is 10.1 Å². The molecule has 5 N–H and O–H groups in total. The van der Waals surface area contributed by atoms with Gasteiger partial charge in [-0.25, -0.2) is 4.98 Å². The molecule has 2 heterocycles. The first kappa shape index (κ1) is 22.8. The summed E-state index contributed by atoms with van der Waals surface area (Å²) in [4.78, 5) is 26.5. The Morgan fingerprint density at radius 1 is 1.18 bits per heavy atom. The normalized spacial score (nSPS) is 11.7. The Morgan fingerprint density at radius 3 is 2.62 bits per heavy atom. The van der Waals surface area contributed by atoms with Crippen LogP contribution in [0.15, 0.2) is 41.2 Å². The standard InChI is InChI=1S/C23H21ClN8O2/c1-11-16(8-5-9-17(11)34-3)32-21(29-15-7-4-6-14(24)18(15)22(32)33)12(2)28-20-13(10-25)19(26)30-23(27)31-20/h4-9,12H,1-3H3,(H5,26,27,28,30,31). The lowest BCUT2D eigenvalue weighted by atomic mass is 10.1. The van der Waals surface area contributed by atoms with E-state index in [-0.39, 0.29) is 34.1 Å². The molecule has 2 aromatic carbocycles. The van der Waals surface area contributed by atoms with Crippen LogP contribution >= 0.6 is 11.6 Å². The molecule has 0 saturated heterocycles. The van der Waals surface area contributed by atoms with Gasteiger partial charge in [-0.05, 0) is 38.1 Å². The summed E-state index contributed by atoms with van der Waals surface area (Å²) in [7, 11) is 1.56. The number of anilines is 3. The Labute approximate surface area is 199 Å². The highest BCUT2D eigenvalue weighted by molar-refractivity contribution is 6.35. The minimum atomic E-state index is -0.609. The first-order valence-electron chi connectivity index (χ1n) is 10.2. The third-order valence-electron chi connectivity index (χ3n) is 5.40. The van der Waals surface area contributed by atoms with Crippen molar-refractivity contribution in [3.05, 3.63) is 68.7 Å². The van der Waals surface area contributed by atoms with Crippen molar-refractivity contribution in [3.63, 3.8) is 0 Å². The van der Waals surface area contributed by atoms with Crippen molar-refractivity contribution in [1.82, 2.24) is 19.5 Å². The molecule has 0 saturated carbocycles. The Bertz CT molecular complexity index is 1530. The first-order chi connectivity index (χ1) is 16.3. The fraction of sp³-hybridized carbons (Fsp3) is 0.174. The molecule has 0 aliphatic heterocycles. The van der Waals surface area contributed by atoms with Crippen LogP contribution in [-0.4, -0.2) is 26.6 Å². The molecule has 0 radical (unpaired) electrons. The number of nitrogens with one attached hydrogen (secondary N) is 1. The molecule has 0 bridgehead atoms. The van der Waals surface area contributed by atoms with E-state index in [2.05, 4.69) is 15.3 Å². The predicted molar refractivity (Wildman–Crippen MR) is 131 cm³/mol. The van der Waals surface area contributed by atoms with Crippen molar-refractivity contribution in [2.75, 3.05) is 23.9 Å². The van der Waals surface area contributed by atoms with Crippen LogP contribution in [0.1, 0.15) is 29.9 Å². The molecular formula is C23H21ClN8O2. The molecule has 4 aromatic rings. The summed E-state index contributed by atoms with van der Waals surface area (Å²) in [6.07, 6.45) is 0. The summed E-state index contributed by atoms with van der Waals surface area (Å²) in [5.74, 6) is 0.956. The average molecular weight is 477 g/mol. The Kier molecular flexibility index (Phi) is 5.96. The number of halogens is 1. The van der Waals surface area contributed by atoms with Crippen molar-refractivity contribution in [2.24, 2.45) is 0 Å². The summed E-state index contributed by atoms with van der Waals surface area (Å²) >= 11 is 6.38. The monoisotopic (exact) mass is 476 g/mol. The van der Waals surface area contributed by atoms with Crippen LogP contribution < -0.4 is 27.1 Å². The minimum absolute atomic E-state index is 0.0383. The number of nitrogens with zero attached hydrogens (tertiary/aromatic N) is 5. The number of hydrogen-bond donors (Lipinski definition) is 3. The van der Waals surface area contributed by atoms with Gasteiger partial charge in [0, 0.05) is 5.56 Å². The minimum Gasteiger partial charge on any atom is -0.496 e. The highest BCUT2D eigenvalue weighted by Gasteiger charge is 2.23. The van der Waals surface area contributed by atoms with E-state index in [0.717, 1.165) is 5.56 Å². The molecule has 4 rings (SSSR count). The van der Waals surface area contributed by atoms with Crippen LogP contribution in [0.2, 0.25) is 5.02 Å². The Balaban J connectivity index is 1.99. The van der Waals surface area contributed by atoms with Crippen molar-refractivity contribution < 1.29 is 4.74 Å². The second kappa shape index (κ2) is 8.88. The zero-order valence-corrected chi connectivity index (χ0v) is 19.4. The van der Waals surface area contributed by atoms with Gasteiger partial charge in [-0.2, -0.15) is 15.2 Å². The number of methoxy groups -OCH3 is 1. The fourth-order valence-electron chi connectivity index (χ4n) is 3.78. The largest absolute Gasteiger partial charge is 0.496 e. The summed E-state index contributed by atoms with van der Waals surface area (Å²) in [6, 6.07) is 11.8. The number of fused-ring (bicyclic) bond motifs is 1. The van der Waals surface area contributed by atoms with Crippen molar-refractivity contribution >= 4 is 40.1 Å². The van der Waals surface area contributed by atoms with E-state index in [0.29, 0.717) is 27.8 Å². The highest BCUT2D eigenvalue weighted by atomic mass is 35.5. The third kappa shape index (κ3) is 3.82. The second-order valence-electron chi connectivity index (χ2n) is 7.52. The molecule has 0 spiro atoms. The number of rotatable bonds is 5. The zero-order valence-electron chi connectivity index (χ0n) is 18.6. The molecule has 34 heavy (non-hydrogen) atoms. The number of aromatic nitrogens is 4. The zero-order chi connectivity index (χ0) is 24.6. The van der Waals surface area contributed by atoms with Gasteiger partial charge < -0.3 is 21.5 Å². The van der Waals surface area contributed by atoms with Gasteiger partial charge in [0.25, 0.3) is 5.56 Å². The van der Waals surface area contributed by atoms with E-state index in [1.54, 1.807) is 50.4 Å². The van der Waals surface area contributed by atoms with Gasteiger partial charge in [-0.15, -0.1) is 0 Å². The summed E-state index contributed by atoms with van der Waals surface area (Å²) in [6.45, 7) is 3.62. The van der Waals surface area contributed by atoms with Crippen LogP contribution in [0.5, 0.6) is 5.75 Å². The van der Waals surface area contributed by atoms with E-state index in [1.165, 1.54) is 4.57 Å². The number of benzene rings is 2. The fourth-order valence-corrected chi connectivity index (χ4v) is 4.03. The summed E-state index contributed by atoms with van der Waals surface area (Å²) in [5.41, 5.74) is 13.0. The quantitative estimate of drug-likeness (QED) is 0.392. The van der Waals surface area contributed by atoms with Crippen LogP contribution in [0.3, 0.4) is 0 Å². The van der Waals surface area contributed by atoms with Crippen LogP contribution in [0.25, 0.3) is 16.6 Å². The van der Waals surface area contributed by atoms with Crippen LogP contribution in [-0.2, 0) is 0 Å². The van der Waals surface area contributed by atoms with E-state index in [4.69, 9.17) is 32.8 Å². The van der Waals surface area contributed by atoms with Crippen LogP contribution in [0.4, 0.5) is 17.6 Å². The van der Waals surface area contributed by atoms with Crippen molar-refractivity contribution in [2.45, 2.75) is 19.9 Å². The van der Waals surface area contributed by atoms with Gasteiger partial charge in [0.1, 0.15) is 29.0 Å². The van der Waals surface area contributed by atoms with Crippen molar-refractivity contribution in [3.8, 4) is 17.5 Å².